The smallest absolute Gasteiger partial charge is 0.247 e. The third kappa shape index (κ3) is 2.64. The number of hydrogen-bond acceptors (Lipinski definition) is 8. The molecule has 0 fully saturated rings. The second-order valence-corrected chi connectivity index (χ2v) is 5.64. The van der Waals surface area contributed by atoms with E-state index in [0.717, 1.165) is 6.42 Å². The summed E-state index contributed by atoms with van der Waals surface area (Å²) in [6, 6.07) is -0.285. The Kier molecular flexibility index (Phi) is 3.65. The lowest BCUT2D eigenvalue weighted by Crippen LogP contribution is -2.43. The number of anilines is 4. The number of carbonyl (C=O) groups is 1. The van der Waals surface area contributed by atoms with Gasteiger partial charge in [-0.2, -0.15) is 0 Å². The SMILES string of the molecule is CCC(C)C1Nc2ncnc(Nc3nncs3)c2NC1=O. The van der Waals surface area contributed by atoms with Crippen LogP contribution in [-0.4, -0.2) is 32.1 Å². The van der Waals surface area contributed by atoms with Crippen LogP contribution >= 0.6 is 11.3 Å². The van der Waals surface area contributed by atoms with Crippen molar-refractivity contribution in [1.29, 1.82) is 0 Å². The molecule has 9 heteroatoms. The minimum Gasteiger partial charge on any atom is -0.356 e. The molecule has 3 N–H and O–H groups in total. The Labute approximate surface area is 125 Å². The number of rotatable bonds is 4. The van der Waals surface area contributed by atoms with Crippen LogP contribution in [0.15, 0.2) is 11.8 Å². The van der Waals surface area contributed by atoms with Crippen molar-refractivity contribution in [3.05, 3.63) is 11.8 Å². The molecule has 0 spiro atoms. The first kappa shape index (κ1) is 13.7. The summed E-state index contributed by atoms with van der Waals surface area (Å²) in [4.78, 5) is 20.6. The van der Waals surface area contributed by atoms with Crippen molar-refractivity contribution in [3.8, 4) is 0 Å². The molecule has 2 aromatic rings. The molecule has 1 aliphatic heterocycles. The summed E-state index contributed by atoms with van der Waals surface area (Å²) in [5.41, 5.74) is 2.16. The zero-order chi connectivity index (χ0) is 14.8. The number of aromatic nitrogens is 4. The van der Waals surface area contributed by atoms with Gasteiger partial charge in [-0.05, 0) is 5.92 Å². The molecule has 2 unspecified atom stereocenters. The molecular formula is C12H15N7OS. The van der Waals surface area contributed by atoms with Gasteiger partial charge in [0, 0.05) is 0 Å². The second-order valence-electron chi connectivity index (χ2n) is 4.81. The van der Waals surface area contributed by atoms with Crippen LogP contribution in [0.2, 0.25) is 0 Å². The van der Waals surface area contributed by atoms with Gasteiger partial charge in [0.1, 0.15) is 23.6 Å². The van der Waals surface area contributed by atoms with E-state index >= 15 is 0 Å². The molecule has 3 heterocycles. The maximum atomic E-state index is 12.2. The van der Waals surface area contributed by atoms with Crippen molar-refractivity contribution in [3.63, 3.8) is 0 Å². The Hall–Kier alpha value is -2.29. The van der Waals surface area contributed by atoms with E-state index in [2.05, 4.69) is 43.0 Å². The molecule has 3 rings (SSSR count). The van der Waals surface area contributed by atoms with Gasteiger partial charge in [0.25, 0.3) is 0 Å². The monoisotopic (exact) mass is 305 g/mol. The summed E-state index contributed by atoms with van der Waals surface area (Å²) in [6.45, 7) is 4.08. The molecule has 1 aliphatic rings. The minimum atomic E-state index is -0.285. The minimum absolute atomic E-state index is 0.0769. The molecule has 2 atom stereocenters. The number of fused-ring (bicyclic) bond motifs is 1. The molecular weight excluding hydrogens is 290 g/mol. The first-order valence-corrected chi connectivity index (χ1v) is 7.52. The molecule has 2 aromatic heterocycles. The normalized spacial score (nSPS) is 18.4. The van der Waals surface area contributed by atoms with Gasteiger partial charge >= 0.3 is 0 Å². The van der Waals surface area contributed by atoms with Crippen LogP contribution in [0.3, 0.4) is 0 Å². The topological polar surface area (TPSA) is 105 Å². The number of hydrogen-bond donors (Lipinski definition) is 3. The van der Waals surface area contributed by atoms with Gasteiger partial charge in [0.05, 0.1) is 0 Å². The van der Waals surface area contributed by atoms with E-state index in [1.807, 2.05) is 6.92 Å². The Morgan fingerprint density at radius 3 is 3.05 bits per heavy atom. The van der Waals surface area contributed by atoms with Gasteiger partial charge in [-0.3, -0.25) is 4.79 Å². The molecule has 110 valence electrons. The van der Waals surface area contributed by atoms with Crippen LogP contribution in [0, 0.1) is 5.92 Å². The van der Waals surface area contributed by atoms with Gasteiger partial charge in [-0.25, -0.2) is 9.97 Å². The summed E-state index contributed by atoms with van der Waals surface area (Å²) < 4.78 is 0. The van der Waals surface area contributed by atoms with Crippen molar-refractivity contribution < 1.29 is 4.79 Å². The third-order valence-corrected chi connectivity index (χ3v) is 4.08. The van der Waals surface area contributed by atoms with E-state index < -0.39 is 0 Å². The summed E-state index contributed by atoms with van der Waals surface area (Å²) >= 11 is 1.35. The number of carbonyl (C=O) groups excluding carboxylic acids is 1. The van der Waals surface area contributed by atoms with Crippen LogP contribution < -0.4 is 16.0 Å². The van der Waals surface area contributed by atoms with Crippen molar-refractivity contribution >= 4 is 39.7 Å². The van der Waals surface area contributed by atoms with Crippen LogP contribution in [0.25, 0.3) is 0 Å². The highest BCUT2D eigenvalue weighted by Gasteiger charge is 2.31. The van der Waals surface area contributed by atoms with Gasteiger partial charge in [0.15, 0.2) is 11.6 Å². The van der Waals surface area contributed by atoms with E-state index in [1.54, 1.807) is 5.51 Å². The highest BCUT2D eigenvalue weighted by molar-refractivity contribution is 7.13. The first-order chi connectivity index (χ1) is 10.2. The van der Waals surface area contributed by atoms with E-state index in [1.165, 1.54) is 17.7 Å². The maximum absolute atomic E-state index is 12.2. The van der Waals surface area contributed by atoms with Gasteiger partial charge in [-0.15, -0.1) is 10.2 Å². The lowest BCUT2D eigenvalue weighted by atomic mass is 9.97. The Bertz CT molecular complexity index is 645. The maximum Gasteiger partial charge on any atom is 0.247 e. The molecule has 0 radical (unpaired) electrons. The molecule has 1 amide bonds. The summed E-state index contributed by atoms with van der Waals surface area (Å²) in [6.07, 6.45) is 2.35. The van der Waals surface area contributed by atoms with Crippen LogP contribution in [0.4, 0.5) is 22.5 Å². The predicted octanol–water partition coefficient (Wildman–Crippen LogP) is 1.85. The summed E-state index contributed by atoms with van der Waals surface area (Å²) in [5, 5.41) is 17.3. The average molecular weight is 305 g/mol. The number of amides is 1. The third-order valence-electron chi connectivity index (χ3n) is 3.47. The molecule has 0 bridgehead atoms. The van der Waals surface area contributed by atoms with E-state index in [4.69, 9.17) is 0 Å². The molecule has 0 aliphatic carbocycles. The van der Waals surface area contributed by atoms with Crippen molar-refractivity contribution in [2.24, 2.45) is 5.92 Å². The molecule has 0 saturated heterocycles. The fourth-order valence-corrected chi connectivity index (χ4v) is 2.53. The average Bonchev–Trinajstić information content (AvgIpc) is 2.99. The standard InChI is InChI=1S/C12H15N7OS/c1-3-6(2)7-11(20)17-8-9(16-7)13-4-14-10(8)18-12-19-15-5-21-12/h4-7H,3H2,1-2H3,(H,17,20)(H2,13,14,16,18,19). The molecule has 0 aromatic carbocycles. The Morgan fingerprint density at radius 2 is 2.33 bits per heavy atom. The molecule has 21 heavy (non-hydrogen) atoms. The van der Waals surface area contributed by atoms with E-state index in [-0.39, 0.29) is 17.9 Å². The van der Waals surface area contributed by atoms with Crippen LogP contribution in [-0.2, 0) is 4.79 Å². The Balaban J connectivity index is 1.90. The first-order valence-electron chi connectivity index (χ1n) is 6.64. The lowest BCUT2D eigenvalue weighted by Gasteiger charge is -2.30. The Morgan fingerprint density at radius 1 is 1.48 bits per heavy atom. The highest BCUT2D eigenvalue weighted by Crippen LogP contribution is 2.33. The zero-order valence-electron chi connectivity index (χ0n) is 11.6. The van der Waals surface area contributed by atoms with Crippen molar-refractivity contribution in [2.75, 3.05) is 16.0 Å². The number of nitrogens with zero attached hydrogens (tertiary/aromatic N) is 4. The summed E-state index contributed by atoms with van der Waals surface area (Å²) in [7, 11) is 0. The van der Waals surface area contributed by atoms with E-state index in [9.17, 15) is 4.79 Å². The van der Waals surface area contributed by atoms with Gasteiger partial charge < -0.3 is 16.0 Å². The second kappa shape index (κ2) is 5.60. The molecule has 0 saturated carbocycles. The van der Waals surface area contributed by atoms with Gasteiger partial charge in [0.2, 0.25) is 11.0 Å². The summed E-state index contributed by atoms with van der Waals surface area (Å²) in [5.74, 6) is 1.25. The predicted molar refractivity (Wildman–Crippen MR) is 80.7 cm³/mol. The number of nitrogens with one attached hydrogen (secondary N) is 3. The fraction of sp³-hybridized carbons (Fsp3) is 0.417. The van der Waals surface area contributed by atoms with Crippen molar-refractivity contribution in [1.82, 2.24) is 20.2 Å². The fourth-order valence-electron chi connectivity index (χ4n) is 2.09. The van der Waals surface area contributed by atoms with E-state index in [0.29, 0.717) is 22.5 Å². The highest BCUT2D eigenvalue weighted by atomic mass is 32.1. The largest absolute Gasteiger partial charge is 0.356 e. The van der Waals surface area contributed by atoms with Crippen LogP contribution in [0.1, 0.15) is 20.3 Å². The lowest BCUT2D eigenvalue weighted by molar-refractivity contribution is -0.118. The van der Waals surface area contributed by atoms with Crippen LogP contribution in [0.5, 0.6) is 0 Å². The quantitative estimate of drug-likeness (QED) is 0.791. The molecule has 8 nitrogen and oxygen atoms in total. The zero-order valence-corrected chi connectivity index (χ0v) is 12.4. The van der Waals surface area contributed by atoms with Gasteiger partial charge in [-0.1, -0.05) is 31.6 Å². The van der Waals surface area contributed by atoms with Crippen molar-refractivity contribution in [2.45, 2.75) is 26.3 Å².